The minimum Gasteiger partial charge on any atom is -0.369 e. The molecule has 2 rings (SSSR count). The van der Waals surface area contributed by atoms with Gasteiger partial charge in [0.15, 0.2) is 0 Å². The van der Waals surface area contributed by atoms with Gasteiger partial charge < -0.3 is 9.88 Å². The van der Waals surface area contributed by atoms with Crippen molar-refractivity contribution < 1.29 is 0 Å². The van der Waals surface area contributed by atoms with Gasteiger partial charge in [0.1, 0.15) is 12.1 Å². The van der Waals surface area contributed by atoms with Crippen LogP contribution in [-0.4, -0.2) is 26.1 Å². The van der Waals surface area contributed by atoms with Crippen molar-refractivity contribution >= 4 is 28.4 Å². The average Bonchev–Trinajstić information content (AvgIpc) is 2.84. The number of nitrogens with zero attached hydrogens (tertiary/aromatic N) is 4. The van der Waals surface area contributed by atoms with E-state index in [1.807, 2.05) is 18.7 Å². The van der Waals surface area contributed by atoms with Crippen LogP contribution >= 0.6 is 22.6 Å². The van der Waals surface area contributed by atoms with Gasteiger partial charge in [-0.3, -0.25) is 0 Å². The van der Waals surface area contributed by atoms with E-state index in [0.29, 0.717) is 0 Å². The van der Waals surface area contributed by atoms with Crippen LogP contribution in [0.4, 0.5) is 5.82 Å². The second kappa shape index (κ2) is 6.53. The van der Waals surface area contributed by atoms with Crippen molar-refractivity contribution in [1.29, 1.82) is 0 Å². The van der Waals surface area contributed by atoms with Gasteiger partial charge in [-0.1, -0.05) is 0 Å². The first-order chi connectivity index (χ1) is 8.36. The van der Waals surface area contributed by atoms with Crippen LogP contribution in [-0.2, 0) is 6.54 Å². The number of aromatic nitrogens is 4. The Balaban J connectivity index is 1.65. The van der Waals surface area contributed by atoms with Gasteiger partial charge in [0.25, 0.3) is 0 Å². The Morgan fingerprint density at radius 3 is 3.00 bits per heavy atom. The van der Waals surface area contributed by atoms with E-state index in [4.69, 9.17) is 0 Å². The summed E-state index contributed by atoms with van der Waals surface area (Å²) in [5, 5.41) is 3.31. The molecule has 0 fully saturated rings. The summed E-state index contributed by atoms with van der Waals surface area (Å²) < 4.78 is 3.15. The van der Waals surface area contributed by atoms with Crippen molar-refractivity contribution in [2.75, 3.05) is 11.9 Å². The van der Waals surface area contributed by atoms with Crippen LogP contribution in [0.15, 0.2) is 31.2 Å². The summed E-state index contributed by atoms with van der Waals surface area (Å²) in [5.41, 5.74) is 0. The number of nitrogens with one attached hydrogen (secondary N) is 1. The molecule has 0 bridgehead atoms. The van der Waals surface area contributed by atoms with Crippen molar-refractivity contribution in [3.63, 3.8) is 0 Å². The Morgan fingerprint density at radius 2 is 2.24 bits per heavy atom. The molecule has 0 spiro atoms. The summed E-state index contributed by atoms with van der Waals surface area (Å²) in [6.07, 6.45) is 11.3. The van der Waals surface area contributed by atoms with Gasteiger partial charge in [-0.25, -0.2) is 15.0 Å². The number of imidazole rings is 1. The summed E-state index contributed by atoms with van der Waals surface area (Å²) in [4.78, 5) is 12.1. The van der Waals surface area contributed by atoms with Gasteiger partial charge in [-0.05, 0) is 35.4 Å². The van der Waals surface area contributed by atoms with Crippen molar-refractivity contribution in [2.45, 2.75) is 19.4 Å². The Labute approximate surface area is 114 Å². The van der Waals surface area contributed by atoms with Gasteiger partial charge in [-0.2, -0.15) is 0 Å². The molecule has 2 aromatic heterocycles. The average molecular weight is 343 g/mol. The van der Waals surface area contributed by atoms with E-state index in [2.05, 4.69) is 47.4 Å². The lowest BCUT2D eigenvalue weighted by molar-refractivity contribution is 0.620. The molecule has 0 aliphatic rings. The number of hydrogen-bond acceptors (Lipinski definition) is 4. The first-order valence-electron chi connectivity index (χ1n) is 5.51. The second-order valence-electron chi connectivity index (χ2n) is 3.65. The molecule has 0 amide bonds. The number of anilines is 1. The quantitative estimate of drug-likeness (QED) is 0.645. The third kappa shape index (κ3) is 3.95. The Kier molecular flexibility index (Phi) is 4.72. The molecule has 0 aliphatic heterocycles. The second-order valence-corrected chi connectivity index (χ2v) is 4.82. The molecule has 6 heteroatoms. The maximum atomic E-state index is 4.18. The molecule has 0 saturated carbocycles. The maximum Gasteiger partial charge on any atom is 0.142 e. The molecule has 17 heavy (non-hydrogen) atoms. The van der Waals surface area contributed by atoms with Gasteiger partial charge >= 0.3 is 0 Å². The number of hydrogen-bond donors (Lipinski definition) is 1. The third-order valence-corrected chi connectivity index (χ3v) is 3.15. The molecule has 0 radical (unpaired) electrons. The van der Waals surface area contributed by atoms with E-state index in [-0.39, 0.29) is 0 Å². The van der Waals surface area contributed by atoms with Crippen molar-refractivity contribution in [3.05, 3.63) is 34.8 Å². The van der Waals surface area contributed by atoms with Crippen molar-refractivity contribution in [3.8, 4) is 0 Å². The fraction of sp³-hybridized carbons (Fsp3) is 0.364. The molecule has 0 aliphatic carbocycles. The normalized spacial score (nSPS) is 10.4. The van der Waals surface area contributed by atoms with Crippen LogP contribution < -0.4 is 5.32 Å². The molecule has 0 unspecified atom stereocenters. The molecule has 1 N–H and O–H groups in total. The van der Waals surface area contributed by atoms with Gasteiger partial charge in [-0.15, -0.1) is 0 Å². The van der Waals surface area contributed by atoms with Crippen molar-refractivity contribution in [2.24, 2.45) is 0 Å². The summed E-state index contributed by atoms with van der Waals surface area (Å²) >= 11 is 2.23. The van der Waals surface area contributed by atoms with E-state index in [9.17, 15) is 0 Å². The zero-order valence-corrected chi connectivity index (χ0v) is 11.5. The first kappa shape index (κ1) is 12.3. The highest BCUT2D eigenvalue weighted by Gasteiger charge is 1.98. The smallest absolute Gasteiger partial charge is 0.142 e. The molecular formula is C11H14IN5. The van der Waals surface area contributed by atoms with Crippen LogP contribution in [0, 0.1) is 3.57 Å². The van der Waals surface area contributed by atoms with Gasteiger partial charge in [0, 0.05) is 31.7 Å². The summed E-state index contributed by atoms with van der Waals surface area (Å²) in [7, 11) is 0. The zero-order chi connectivity index (χ0) is 11.9. The molecule has 2 aromatic rings. The standard InChI is InChI=1S/C11H14IN5/c12-10-7-14-8-16-11(10)15-3-1-2-5-17-6-4-13-9-17/h4,6-9H,1-3,5H2,(H,14,15,16). The molecule has 90 valence electrons. The van der Waals surface area contributed by atoms with Gasteiger partial charge in [0.05, 0.1) is 9.90 Å². The van der Waals surface area contributed by atoms with E-state index >= 15 is 0 Å². The Morgan fingerprint density at radius 1 is 1.29 bits per heavy atom. The monoisotopic (exact) mass is 343 g/mol. The van der Waals surface area contributed by atoms with Crippen molar-refractivity contribution in [1.82, 2.24) is 19.5 Å². The minimum atomic E-state index is 0.920. The van der Waals surface area contributed by atoms with Crippen LogP contribution in [0.2, 0.25) is 0 Å². The third-order valence-electron chi connectivity index (χ3n) is 2.36. The predicted octanol–water partition coefficient (Wildman–Crippen LogP) is 2.17. The molecule has 5 nitrogen and oxygen atoms in total. The largest absolute Gasteiger partial charge is 0.369 e. The molecule has 0 aromatic carbocycles. The van der Waals surface area contributed by atoms with Gasteiger partial charge in [0.2, 0.25) is 0 Å². The Hall–Kier alpha value is -1.18. The lowest BCUT2D eigenvalue weighted by Crippen LogP contribution is -2.06. The molecule has 0 saturated heterocycles. The minimum absolute atomic E-state index is 0.920. The Bertz CT molecular complexity index is 443. The van der Waals surface area contributed by atoms with E-state index in [1.165, 1.54) is 0 Å². The fourth-order valence-electron chi connectivity index (χ4n) is 1.49. The van der Waals surface area contributed by atoms with E-state index in [1.54, 1.807) is 12.5 Å². The highest BCUT2D eigenvalue weighted by atomic mass is 127. The summed E-state index contributed by atoms with van der Waals surface area (Å²) in [6.45, 7) is 1.95. The number of aryl methyl sites for hydroxylation is 1. The molecule has 2 heterocycles. The number of unbranched alkanes of at least 4 members (excludes halogenated alkanes) is 1. The van der Waals surface area contributed by atoms with E-state index in [0.717, 1.165) is 35.3 Å². The topological polar surface area (TPSA) is 55.6 Å². The van der Waals surface area contributed by atoms with Crippen LogP contribution in [0.3, 0.4) is 0 Å². The zero-order valence-electron chi connectivity index (χ0n) is 9.38. The predicted molar refractivity (Wildman–Crippen MR) is 74.7 cm³/mol. The fourth-order valence-corrected chi connectivity index (χ4v) is 1.98. The summed E-state index contributed by atoms with van der Waals surface area (Å²) in [6, 6.07) is 0. The maximum absolute atomic E-state index is 4.18. The number of halogens is 1. The number of rotatable bonds is 6. The highest BCUT2D eigenvalue weighted by Crippen LogP contribution is 2.12. The summed E-state index contributed by atoms with van der Waals surface area (Å²) in [5.74, 6) is 0.920. The SMILES string of the molecule is Ic1cncnc1NCCCCn1ccnc1. The van der Waals surface area contributed by atoms with E-state index < -0.39 is 0 Å². The highest BCUT2D eigenvalue weighted by molar-refractivity contribution is 14.1. The van der Waals surface area contributed by atoms with Crippen LogP contribution in [0.25, 0.3) is 0 Å². The lowest BCUT2D eigenvalue weighted by atomic mass is 10.3. The van der Waals surface area contributed by atoms with Crippen LogP contribution in [0.5, 0.6) is 0 Å². The van der Waals surface area contributed by atoms with Crippen LogP contribution in [0.1, 0.15) is 12.8 Å². The molecular weight excluding hydrogens is 329 g/mol. The molecule has 0 atom stereocenters. The lowest BCUT2D eigenvalue weighted by Gasteiger charge is -2.06. The first-order valence-corrected chi connectivity index (χ1v) is 6.59.